The first kappa shape index (κ1) is 23.7. The van der Waals surface area contributed by atoms with Crippen LogP contribution in [-0.2, 0) is 11.3 Å². The molecular formula is C28H23N5O4. The number of hydrogen-bond acceptors (Lipinski definition) is 5. The number of para-hydroxylation sites is 2. The standard InChI is InChI=1S/C28H23N5O4/c1-18-15-20(19(2)32(18)21-11-13-22(14-12-21)33(36)37)16-29-30-27(34)17-31-25-9-5-3-7-23(25)28(35)24-8-4-6-10-26(24)31/h3-16H,17H2,1-2H3,(H,30,34)/b29-16+. The molecule has 0 saturated carbocycles. The summed E-state index contributed by atoms with van der Waals surface area (Å²) in [5.41, 5.74) is 7.30. The maximum absolute atomic E-state index is 12.9. The van der Waals surface area contributed by atoms with Crippen LogP contribution in [0.15, 0.2) is 88.8 Å². The van der Waals surface area contributed by atoms with Gasteiger partial charge >= 0.3 is 0 Å². The number of fused-ring (bicyclic) bond motifs is 2. The van der Waals surface area contributed by atoms with Crippen LogP contribution in [-0.4, -0.2) is 26.2 Å². The molecule has 0 aliphatic rings. The molecule has 184 valence electrons. The topological polar surface area (TPSA) is 112 Å². The fourth-order valence-electron chi connectivity index (χ4n) is 4.64. The lowest BCUT2D eigenvalue weighted by atomic mass is 10.1. The van der Waals surface area contributed by atoms with E-state index in [1.807, 2.05) is 53.3 Å². The van der Waals surface area contributed by atoms with E-state index < -0.39 is 4.92 Å². The number of pyridine rings is 1. The van der Waals surface area contributed by atoms with Crippen LogP contribution in [0.5, 0.6) is 0 Å². The van der Waals surface area contributed by atoms with Crippen LogP contribution in [0.4, 0.5) is 5.69 Å². The van der Waals surface area contributed by atoms with Crippen LogP contribution >= 0.6 is 0 Å². The van der Waals surface area contributed by atoms with Crippen LogP contribution in [0, 0.1) is 24.0 Å². The second-order valence-corrected chi connectivity index (χ2v) is 8.68. The predicted octanol–water partition coefficient (Wildman–Crippen LogP) is 4.62. The second kappa shape index (κ2) is 9.54. The maximum atomic E-state index is 12.9. The van der Waals surface area contributed by atoms with Gasteiger partial charge in [-0.2, -0.15) is 5.10 Å². The van der Waals surface area contributed by atoms with Crippen molar-refractivity contribution in [2.75, 3.05) is 0 Å². The lowest BCUT2D eigenvalue weighted by Gasteiger charge is -2.14. The smallest absolute Gasteiger partial charge is 0.269 e. The third-order valence-electron chi connectivity index (χ3n) is 6.36. The fourth-order valence-corrected chi connectivity index (χ4v) is 4.64. The first-order valence-corrected chi connectivity index (χ1v) is 11.6. The summed E-state index contributed by atoms with van der Waals surface area (Å²) in [5, 5.41) is 16.2. The minimum atomic E-state index is -0.432. The second-order valence-electron chi connectivity index (χ2n) is 8.68. The van der Waals surface area contributed by atoms with Crippen molar-refractivity contribution < 1.29 is 9.72 Å². The van der Waals surface area contributed by atoms with Gasteiger partial charge in [-0.1, -0.05) is 24.3 Å². The van der Waals surface area contributed by atoms with Gasteiger partial charge in [0.1, 0.15) is 6.54 Å². The van der Waals surface area contributed by atoms with E-state index in [2.05, 4.69) is 10.5 Å². The lowest BCUT2D eigenvalue weighted by Crippen LogP contribution is -2.25. The van der Waals surface area contributed by atoms with E-state index in [-0.39, 0.29) is 23.6 Å². The van der Waals surface area contributed by atoms with E-state index >= 15 is 0 Å². The van der Waals surface area contributed by atoms with Crippen molar-refractivity contribution in [1.82, 2.24) is 14.6 Å². The monoisotopic (exact) mass is 493 g/mol. The number of hydrazone groups is 1. The molecular weight excluding hydrogens is 470 g/mol. The zero-order valence-electron chi connectivity index (χ0n) is 20.2. The van der Waals surface area contributed by atoms with E-state index in [9.17, 15) is 19.7 Å². The maximum Gasteiger partial charge on any atom is 0.269 e. The summed E-state index contributed by atoms with van der Waals surface area (Å²) in [4.78, 5) is 36.3. The Bertz CT molecular complexity index is 1700. The summed E-state index contributed by atoms with van der Waals surface area (Å²) < 4.78 is 3.78. The molecule has 3 aromatic carbocycles. The molecule has 0 spiro atoms. The molecule has 0 fully saturated rings. The highest BCUT2D eigenvalue weighted by molar-refractivity contribution is 5.95. The minimum absolute atomic E-state index is 0.0134. The number of rotatable bonds is 6. The van der Waals surface area contributed by atoms with Crippen molar-refractivity contribution in [3.05, 3.63) is 116 Å². The number of carbonyl (C=O) groups is 1. The van der Waals surface area contributed by atoms with Crippen molar-refractivity contribution in [1.29, 1.82) is 0 Å². The number of aryl methyl sites for hydroxylation is 1. The highest BCUT2D eigenvalue weighted by Crippen LogP contribution is 2.22. The van der Waals surface area contributed by atoms with Crippen molar-refractivity contribution >= 4 is 39.6 Å². The zero-order chi connectivity index (χ0) is 26.1. The van der Waals surface area contributed by atoms with Gasteiger partial charge in [0.05, 0.1) is 22.2 Å². The lowest BCUT2D eigenvalue weighted by molar-refractivity contribution is -0.384. The van der Waals surface area contributed by atoms with Crippen molar-refractivity contribution in [2.45, 2.75) is 20.4 Å². The normalized spacial score (nSPS) is 11.4. The molecule has 1 N–H and O–H groups in total. The largest absolute Gasteiger partial charge is 0.331 e. The SMILES string of the molecule is Cc1cc(/C=N/NC(=O)Cn2c3ccccc3c(=O)c3ccccc32)c(C)n1-c1ccc([N+](=O)[O-])cc1. The molecule has 0 atom stereocenters. The van der Waals surface area contributed by atoms with Crippen LogP contribution in [0.25, 0.3) is 27.5 Å². The van der Waals surface area contributed by atoms with Gasteiger partial charge in [0.15, 0.2) is 5.43 Å². The van der Waals surface area contributed by atoms with Crippen molar-refractivity contribution in [3.8, 4) is 5.69 Å². The zero-order valence-corrected chi connectivity index (χ0v) is 20.2. The van der Waals surface area contributed by atoms with Crippen molar-refractivity contribution in [3.63, 3.8) is 0 Å². The summed E-state index contributed by atoms with van der Waals surface area (Å²) in [6, 6.07) is 22.7. The van der Waals surface area contributed by atoms with Crippen LogP contribution in [0.3, 0.4) is 0 Å². The van der Waals surface area contributed by atoms with E-state index in [4.69, 9.17) is 0 Å². The number of nitrogens with one attached hydrogen (secondary N) is 1. The number of carbonyl (C=O) groups excluding carboxylic acids is 1. The Labute approximate surface area is 211 Å². The predicted molar refractivity (Wildman–Crippen MR) is 143 cm³/mol. The van der Waals surface area contributed by atoms with Gasteiger partial charge < -0.3 is 9.13 Å². The molecule has 1 amide bonds. The van der Waals surface area contributed by atoms with E-state index in [0.29, 0.717) is 21.8 Å². The highest BCUT2D eigenvalue weighted by atomic mass is 16.6. The number of amides is 1. The fraction of sp³-hybridized carbons (Fsp3) is 0.107. The van der Waals surface area contributed by atoms with Gasteiger partial charge in [-0.25, -0.2) is 5.43 Å². The molecule has 5 rings (SSSR count). The van der Waals surface area contributed by atoms with Crippen molar-refractivity contribution in [2.24, 2.45) is 5.10 Å². The number of nitrogens with zero attached hydrogens (tertiary/aromatic N) is 4. The number of nitro groups is 1. The summed E-state index contributed by atoms with van der Waals surface area (Å²) >= 11 is 0. The summed E-state index contributed by atoms with van der Waals surface area (Å²) in [7, 11) is 0. The Kier molecular flexibility index (Phi) is 6.10. The molecule has 0 radical (unpaired) electrons. The van der Waals surface area contributed by atoms with Gasteiger partial charge in [-0.3, -0.25) is 19.7 Å². The third kappa shape index (κ3) is 4.38. The first-order valence-electron chi connectivity index (χ1n) is 11.6. The summed E-state index contributed by atoms with van der Waals surface area (Å²) in [6.07, 6.45) is 1.57. The molecule has 37 heavy (non-hydrogen) atoms. The van der Waals surface area contributed by atoms with E-state index in [1.165, 1.54) is 12.1 Å². The molecule has 9 heteroatoms. The van der Waals surface area contributed by atoms with Crippen LogP contribution in [0.2, 0.25) is 0 Å². The molecule has 5 aromatic rings. The summed E-state index contributed by atoms with van der Waals surface area (Å²) in [6.45, 7) is 3.83. The Morgan fingerprint density at radius 1 is 0.973 bits per heavy atom. The molecule has 2 heterocycles. The first-order chi connectivity index (χ1) is 17.8. The Morgan fingerprint density at radius 2 is 1.57 bits per heavy atom. The highest BCUT2D eigenvalue weighted by Gasteiger charge is 2.14. The molecule has 0 unspecified atom stereocenters. The molecule has 0 saturated heterocycles. The number of hydrogen-bond donors (Lipinski definition) is 1. The van der Waals surface area contributed by atoms with Crippen LogP contribution < -0.4 is 10.9 Å². The number of benzene rings is 3. The summed E-state index contributed by atoms with van der Waals surface area (Å²) in [5.74, 6) is -0.334. The number of non-ortho nitro benzene ring substituents is 1. The average Bonchev–Trinajstić information content (AvgIpc) is 3.19. The van der Waals surface area contributed by atoms with E-state index in [0.717, 1.165) is 22.6 Å². The quantitative estimate of drug-likeness (QED) is 0.161. The number of nitro benzene ring substituents is 1. The van der Waals surface area contributed by atoms with Crippen LogP contribution in [0.1, 0.15) is 17.0 Å². The Morgan fingerprint density at radius 3 is 2.16 bits per heavy atom. The molecule has 0 aliphatic heterocycles. The third-order valence-corrected chi connectivity index (χ3v) is 6.36. The molecule has 2 aromatic heterocycles. The minimum Gasteiger partial charge on any atom is -0.331 e. The van der Waals surface area contributed by atoms with Gasteiger partial charge in [0.25, 0.3) is 11.6 Å². The van der Waals surface area contributed by atoms with E-state index in [1.54, 1.807) is 42.6 Å². The molecule has 0 bridgehead atoms. The van der Waals surface area contributed by atoms with Gasteiger partial charge in [-0.05, 0) is 56.3 Å². The Balaban J connectivity index is 1.38. The molecule has 9 nitrogen and oxygen atoms in total. The average molecular weight is 494 g/mol. The van der Waals surface area contributed by atoms with Gasteiger partial charge in [0, 0.05) is 45.5 Å². The number of aromatic nitrogens is 2. The van der Waals surface area contributed by atoms with Gasteiger partial charge in [-0.15, -0.1) is 0 Å². The van der Waals surface area contributed by atoms with Gasteiger partial charge in [0.2, 0.25) is 0 Å². The molecule has 0 aliphatic carbocycles. The Hall–Kier alpha value is -5.05.